The maximum atomic E-state index is 12.6. The Morgan fingerprint density at radius 1 is 1.29 bits per heavy atom. The van der Waals surface area contributed by atoms with Gasteiger partial charge in [-0.1, -0.05) is 12.1 Å². The van der Waals surface area contributed by atoms with Gasteiger partial charge in [-0.25, -0.2) is 4.39 Å². The van der Waals surface area contributed by atoms with Crippen LogP contribution in [0.1, 0.15) is 17.9 Å². The van der Waals surface area contributed by atoms with E-state index in [9.17, 15) is 9.18 Å². The van der Waals surface area contributed by atoms with E-state index in [0.29, 0.717) is 19.6 Å². The van der Waals surface area contributed by atoms with E-state index < -0.39 is 0 Å². The van der Waals surface area contributed by atoms with Gasteiger partial charge in [-0.05, 0) is 17.7 Å². The van der Waals surface area contributed by atoms with E-state index in [1.54, 1.807) is 12.1 Å². The molecule has 0 amide bonds. The molecule has 0 saturated carbocycles. The largest absolute Gasteiger partial charge is 0.380 e. The van der Waals surface area contributed by atoms with Crippen molar-refractivity contribution in [3.05, 3.63) is 35.6 Å². The Kier molecular flexibility index (Phi) is 2.59. The highest BCUT2D eigenvalue weighted by molar-refractivity contribution is 5.86. The van der Waals surface area contributed by atoms with Crippen molar-refractivity contribution in [1.29, 1.82) is 0 Å². The van der Waals surface area contributed by atoms with Gasteiger partial charge in [0.2, 0.25) is 0 Å². The number of rotatable bonds is 1. The molecule has 1 aliphatic heterocycles. The number of ketones is 1. The van der Waals surface area contributed by atoms with Crippen molar-refractivity contribution in [2.75, 3.05) is 13.2 Å². The minimum absolute atomic E-state index is 0.183. The van der Waals surface area contributed by atoms with Crippen molar-refractivity contribution in [2.45, 2.75) is 12.3 Å². The van der Waals surface area contributed by atoms with E-state index in [1.165, 1.54) is 12.1 Å². The third-order valence-corrected chi connectivity index (χ3v) is 2.44. The summed E-state index contributed by atoms with van der Waals surface area (Å²) in [5.74, 6) is -0.301. The monoisotopic (exact) mass is 194 g/mol. The van der Waals surface area contributed by atoms with Crippen molar-refractivity contribution in [1.82, 2.24) is 0 Å². The summed E-state index contributed by atoms with van der Waals surface area (Å²) in [6.45, 7) is 0.932. The minimum Gasteiger partial charge on any atom is -0.380 e. The van der Waals surface area contributed by atoms with Crippen molar-refractivity contribution in [2.24, 2.45) is 0 Å². The van der Waals surface area contributed by atoms with Gasteiger partial charge in [0.15, 0.2) is 0 Å². The first kappa shape index (κ1) is 9.34. The zero-order chi connectivity index (χ0) is 9.97. The van der Waals surface area contributed by atoms with Gasteiger partial charge in [-0.15, -0.1) is 0 Å². The van der Waals surface area contributed by atoms with Crippen LogP contribution in [0.25, 0.3) is 0 Å². The lowest BCUT2D eigenvalue weighted by Crippen LogP contribution is -2.25. The van der Waals surface area contributed by atoms with Gasteiger partial charge in [-0.2, -0.15) is 0 Å². The number of halogens is 1. The lowest BCUT2D eigenvalue weighted by atomic mass is 9.92. The molecule has 74 valence electrons. The van der Waals surface area contributed by atoms with E-state index in [2.05, 4.69) is 0 Å². The molecule has 1 aliphatic rings. The standard InChI is InChI=1S/C11H11FO2/c12-9-3-1-8(2-4-9)10-7-14-6-5-11(10)13/h1-4,10H,5-7H2. The molecule has 0 radical (unpaired) electrons. The van der Waals surface area contributed by atoms with Gasteiger partial charge in [0.1, 0.15) is 11.6 Å². The van der Waals surface area contributed by atoms with E-state index in [4.69, 9.17) is 4.74 Å². The Hall–Kier alpha value is -1.22. The first-order chi connectivity index (χ1) is 6.77. The van der Waals surface area contributed by atoms with Crippen LogP contribution in [0.2, 0.25) is 0 Å². The molecule has 1 unspecified atom stereocenters. The van der Waals surface area contributed by atoms with E-state index >= 15 is 0 Å². The highest BCUT2D eigenvalue weighted by atomic mass is 19.1. The normalized spacial score (nSPS) is 22.4. The zero-order valence-electron chi connectivity index (χ0n) is 7.70. The number of carbonyl (C=O) groups is 1. The fourth-order valence-electron chi connectivity index (χ4n) is 1.62. The number of carbonyl (C=O) groups excluding carboxylic acids is 1. The Labute approximate surface area is 81.7 Å². The van der Waals surface area contributed by atoms with Gasteiger partial charge < -0.3 is 4.74 Å². The van der Waals surface area contributed by atoms with E-state index in [-0.39, 0.29) is 17.5 Å². The van der Waals surface area contributed by atoms with E-state index in [0.717, 1.165) is 5.56 Å². The summed E-state index contributed by atoms with van der Waals surface area (Å²) in [4.78, 5) is 11.5. The highest BCUT2D eigenvalue weighted by Gasteiger charge is 2.24. The molecule has 1 fully saturated rings. The quantitative estimate of drug-likeness (QED) is 0.682. The Balaban J connectivity index is 2.20. The third-order valence-electron chi connectivity index (χ3n) is 2.44. The molecule has 1 aromatic rings. The summed E-state index contributed by atoms with van der Waals surface area (Å²) < 4.78 is 17.9. The summed E-state index contributed by atoms with van der Waals surface area (Å²) in [5.41, 5.74) is 0.844. The summed E-state index contributed by atoms with van der Waals surface area (Å²) >= 11 is 0. The number of hydrogen-bond acceptors (Lipinski definition) is 2. The van der Waals surface area contributed by atoms with Crippen LogP contribution < -0.4 is 0 Å². The number of Topliss-reactive ketones (excluding diaryl/α,β-unsaturated/α-hetero) is 1. The third kappa shape index (κ3) is 1.82. The maximum absolute atomic E-state index is 12.6. The number of hydrogen-bond donors (Lipinski definition) is 0. The van der Waals surface area contributed by atoms with Crippen LogP contribution in [-0.4, -0.2) is 19.0 Å². The second-order valence-electron chi connectivity index (χ2n) is 3.40. The molecule has 0 spiro atoms. The molecule has 0 aliphatic carbocycles. The molecule has 0 aromatic heterocycles. The summed E-state index contributed by atoms with van der Waals surface area (Å²) in [6.07, 6.45) is 0.460. The van der Waals surface area contributed by atoms with Gasteiger partial charge in [-0.3, -0.25) is 4.79 Å². The van der Waals surface area contributed by atoms with Crippen molar-refractivity contribution >= 4 is 5.78 Å². The topological polar surface area (TPSA) is 26.3 Å². The van der Waals surface area contributed by atoms with Gasteiger partial charge in [0.25, 0.3) is 0 Å². The molecule has 1 saturated heterocycles. The van der Waals surface area contributed by atoms with Crippen LogP contribution >= 0.6 is 0 Å². The number of benzene rings is 1. The molecule has 3 heteroatoms. The number of ether oxygens (including phenoxy) is 1. The molecule has 0 N–H and O–H groups in total. The molecule has 2 rings (SSSR count). The second-order valence-corrected chi connectivity index (χ2v) is 3.40. The van der Waals surface area contributed by atoms with Crippen molar-refractivity contribution < 1.29 is 13.9 Å². The van der Waals surface area contributed by atoms with Crippen LogP contribution in [0.3, 0.4) is 0 Å². The maximum Gasteiger partial charge on any atom is 0.144 e. The predicted molar refractivity (Wildman–Crippen MR) is 49.6 cm³/mol. The fourth-order valence-corrected chi connectivity index (χ4v) is 1.62. The van der Waals surface area contributed by atoms with Crippen LogP contribution in [0, 0.1) is 5.82 Å². The molecular weight excluding hydrogens is 183 g/mol. The molecule has 1 heterocycles. The first-order valence-electron chi connectivity index (χ1n) is 4.63. The minimum atomic E-state index is -0.280. The Morgan fingerprint density at radius 2 is 2.00 bits per heavy atom. The van der Waals surface area contributed by atoms with Gasteiger partial charge in [0.05, 0.1) is 19.1 Å². The predicted octanol–water partition coefficient (Wildman–Crippen LogP) is 1.90. The average molecular weight is 194 g/mol. The summed E-state index contributed by atoms with van der Waals surface area (Å²) in [6, 6.07) is 6.04. The smallest absolute Gasteiger partial charge is 0.144 e. The van der Waals surface area contributed by atoms with Crippen LogP contribution in [0.4, 0.5) is 4.39 Å². The molecule has 2 nitrogen and oxygen atoms in total. The lowest BCUT2D eigenvalue weighted by molar-refractivity contribution is -0.126. The van der Waals surface area contributed by atoms with Crippen LogP contribution in [0.5, 0.6) is 0 Å². The molecule has 1 aromatic carbocycles. The van der Waals surface area contributed by atoms with Crippen molar-refractivity contribution in [3.63, 3.8) is 0 Å². The molecular formula is C11H11FO2. The molecule has 14 heavy (non-hydrogen) atoms. The van der Waals surface area contributed by atoms with Crippen LogP contribution in [-0.2, 0) is 9.53 Å². The molecule has 1 atom stereocenters. The second kappa shape index (κ2) is 3.88. The first-order valence-corrected chi connectivity index (χ1v) is 4.63. The molecule has 0 bridgehead atoms. The summed E-state index contributed by atoms with van der Waals surface area (Å²) in [7, 11) is 0. The van der Waals surface area contributed by atoms with E-state index in [1.807, 2.05) is 0 Å². The van der Waals surface area contributed by atoms with Crippen LogP contribution in [0.15, 0.2) is 24.3 Å². The summed E-state index contributed by atoms with van der Waals surface area (Å²) in [5, 5.41) is 0. The average Bonchev–Trinajstić information content (AvgIpc) is 2.20. The highest BCUT2D eigenvalue weighted by Crippen LogP contribution is 2.22. The lowest BCUT2D eigenvalue weighted by Gasteiger charge is -2.21. The van der Waals surface area contributed by atoms with Crippen molar-refractivity contribution in [3.8, 4) is 0 Å². The Morgan fingerprint density at radius 3 is 2.64 bits per heavy atom. The fraction of sp³-hybridized carbons (Fsp3) is 0.364. The zero-order valence-corrected chi connectivity index (χ0v) is 7.70. The van der Waals surface area contributed by atoms with Gasteiger partial charge in [0, 0.05) is 6.42 Å². The Bertz CT molecular complexity index is 332. The SMILES string of the molecule is O=C1CCOCC1c1ccc(F)cc1. The van der Waals surface area contributed by atoms with Gasteiger partial charge >= 0.3 is 0 Å².